The molecule has 0 aromatic heterocycles. The van der Waals surface area contributed by atoms with Gasteiger partial charge >= 0.3 is 22.1 Å². The van der Waals surface area contributed by atoms with Crippen molar-refractivity contribution in [3.8, 4) is 18.1 Å². The minimum absolute atomic E-state index is 0.0691. The van der Waals surface area contributed by atoms with Crippen LogP contribution < -0.4 is 18.5 Å². The Balaban J connectivity index is 1.72. The maximum Gasteiger partial charge on any atom is 0.332 e. The highest BCUT2D eigenvalue weighted by Crippen LogP contribution is 2.36. The fraction of sp³-hybridized carbons (Fsp3) is 0.200. The van der Waals surface area contributed by atoms with Crippen molar-refractivity contribution < 1.29 is 36.3 Å². The van der Waals surface area contributed by atoms with Gasteiger partial charge in [0.2, 0.25) is 0 Å². The molecule has 14 heteroatoms. The lowest BCUT2D eigenvalue weighted by Crippen LogP contribution is -2.48. The number of carboxylic acids is 1. The molecule has 3 aromatic carbocycles. The molecular formula is C25H22ClN3O8S2. The number of carbonyl (C=O) groups is 2. The molecule has 11 nitrogen and oxygen atoms in total. The number of hydrogen-bond donors (Lipinski definition) is 3. The van der Waals surface area contributed by atoms with Crippen LogP contribution in [0.3, 0.4) is 0 Å². The molecule has 4 rings (SSSR count). The number of hydrogen-bond acceptors (Lipinski definition) is 8. The largest absolute Gasteiger partial charge is 0.481 e. The smallest absolute Gasteiger partial charge is 0.332 e. The number of aliphatic carboxylic acids is 1. The van der Waals surface area contributed by atoms with E-state index in [1.165, 1.54) is 36.4 Å². The zero-order chi connectivity index (χ0) is 28.5. The van der Waals surface area contributed by atoms with E-state index in [2.05, 4.69) is 11.2 Å². The number of nitrogens with one attached hydrogen (secondary N) is 2. The molecule has 2 atom stereocenters. The fourth-order valence-electron chi connectivity index (χ4n) is 4.19. The number of carboxylic acid groups (broad SMARTS) is 1. The van der Waals surface area contributed by atoms with Crippen LogP contribution in [0.25, 0.3) is 10.8 Å². The molecular weight excluding hydrogens is 570 g/mol. The van der Waals surface area contributed by atoms with Crippen LogP contribution in [0, 0.1) is 12.3 Å². The van der Waals surface area contributed by atoms with Gasteiger partial charge in [0.15, 0.2) is 5.75 Å². The van der Waals surface area contributed by atoms with Crippen LogP contribution >= 0.6 is 11.6 Å². The second-order valence-corrected chi connectivity index (χ2v) is 12.6. The second kappa shape index (κ2) is 10.8. The molecule has 3 aromatic rings. The third-order valence-electron chi connectivity index (χ3n) is 5.81. The van der Waals surface area contributed by atoms with Crippen LogP contribution in [0.1, 0.15) is 24.9 Å². The Hall–Kier alpha value is -3.67. The molecule has 0 saturated carbocycles. The van der Waals surface area contributed by atoms with Crippen LogP contribution in [-0.4, -0.2) is 46.5 Å². The van der Waals surface area contributed by atoms with E-state index in [1.807, 2.05) is 0 Å². The summed E-state index contributed by atoms with van der Waals surface area (Å²) in [6.45, 7) is 0.889. The Morgan fingerprint density at radius 2 is 1.85 bits per heavy atom. The van der Waals surface area contributed by atoms with Crippen LogP contribution in [-0.2, 0) is 29.8 Å². The maximum absolute atomic E-state index is 13.4. The van der Waals surface area contributed by atoms with Gasteiger partial charge in [-0.25, -0.2) is 17.5 Å². The maximum atomic E-state index is 13.4. The predicted molar refractivity (Wildman–Crippen MR) is 144 cm³/mol. The SMILES string of the molecule is C#C[C@H](N[C@@H](C)CC(=O)O)c1ccc(S(=O)(=O)NS(=O)(=O)N2CC(=O)Oc3cc(Cl)ccc32)c2ccccc12. The number of ether oxygens (including phenoxy) is 1. The molecule has 0 spiro atoms. The van der Waals surface area contributed by atoms with Crippen molar-refractivity contribution in [2.45, 2.75) is 30.3 Å². The van der Waals surface area contributed by atoms with Gasteiger partial charge in [0.05, 0.1) is 23.0 Å². The summed E-state index contributed by atoms with van der Waals surface area (Å²) in [5.74, 6) is 0.469. The highest BCUT2D eigenvalue weighted by atomic mass is 35.5. The first-order valence-corrected chi connectivity index (χ1v) is 14.6. The van der Waals surface area contributed by atoms with E-state index in [1.54, 1.807) is 29.3 Å². The van der Waals surface area contributed by atoms with Gasteiger partial charge in [-0.2, -0.15) is 8.42 Å². The van der Waals surface area contributed by atoms with E-state index in [-0.39, 0.29) is 33.2 Å². The molecule has 0 fully saturated rings. The van der Waals surface area contributed by atoms with E-state index >= 15 is 0 Å². The van der Waals surface area contributed by atoms with E-state index in [4.69, 9.17) is 27.9 Å². The third-order valence-corrected chi connectivity index (χ3v) is 9.61. The summed E-state index contributed by atoms with van der Waals surface area (Å²) in [4.78, 5) is 22.8. The van der Waals surface area contributed by atoms with Gasteiger partial charge in [0.1, 0.15) is 6.54 Å². The first kappa shape index (κ1) is 28.3. The van der Waals surface area contributed by atoms with Crippen molar-refractivity contribution in [1.29, 1.82) is 0 Å². The lowest BCUT2D eigenvalue weighted by molar-refractivity contribution is -0.137. The molecule has 0 aliphatic carbocycles. The lowest BCUT2D eigenvalue weighted by Gasteiger charge is -2.29. The summed E-state index contributed by atoms with van der Waals surface area (Å²) in [5, 5.41) is 12.9. The summed E-state index contributed by atoms with van der Waals surface area (Å²) in [5.41, 5.74) is 0.428. The van der Waals surface area contributed by atoms with Crippen molar-refractivity contribution in [2.75, 3.05) is 10.8 Å². The molecule has 0 radical (unpaired) electrons. The monoisotopic (exact) mass is 591 g/mol. The Labute approximate surface area is 229 Å². The molecule has 0 bridgehead atoms. The van der Waals surface area contributed by atoms with Crippen LogP contribution in [0.5, 0.6) is 5.75 Å². The number of terminal acetylenes is 1. The molecule has 1 aliphatic heterocycles. The normalized spacial score (nSPS) is 15.2. The molecule has 0 saturated heterocycles. The van der Waals surface area contributed by atoms with Crippen molar-refractivity contribution in [1.82, 2.24) is 9.44 Å². The number of benzene rings is 3. The summed E-state index contributed by atoms with van der Waals surface area (Å²) in [6, 6.07) is 11.6. The quantitative estimate of drug-likeness (QED) is 0.193. The van der Waals surface area contributed by atoms with Crippen LogP contribution in [0.2, 0.25) is 5.02 Å². The van der Waals surface area contributed by atoms with E-state index in [0.717, 1.165) is 0 Å². The molecule has 1 heterocycles. The molecule has 0 amide bonds. The summed E-state index contributed by atoms with van der Waals surface area (Å²) < 4.78 is 60.7. The van der Waals surface area contributed by atoms with Crippen LogP contribution in [0.15, 0.2) is 59.5 Å². The van der Waals surface area contributed by atoms with Crippen molar-refractivity contribution in [2.24, 2.45) is 0 Å². The Morgan fingerprint density at radius 1 is 1.15 bits per heavy atom. The van der Waals surface area contributed by atoms with Crippen LogP contribution in [0.4, 0.5) is 5.69 Å². The van der Waals surface area contributed by atoms with Crippen molar-refractivity contribution in [3.05, 3.63) is 65.2 Å². The van der Waals surface area contributed by atoms with E-state index in [0.29, 0.717) is 15.3 Å². The first-order valence-electron chi connectivity index (χ1n) is 11.3. The molecule has 0 unspecified atom stereocenters. The summed E-state index contributed by atoms with van der Waals surface area (Å²) >= 11 is 5.91. The highest BCUT2D eigenvalue weighted by Gasteiger charge is 2.36. The minimum atomic E-state index is -4.82. The Morgan fingerprint density at radius 3 is 2.51 bits per heavy atom. The van der Waals surface area contributed by atoms with Gasteiger partial charge in [0.25, 0.3) is 10.0 Å². The summed E-state index contributed by atoms with van der Waals surface area (Å²) in [7, 11) is -9.54. The van der Waals surface area contributed by atoms with Crippen molar-refractivity contribution >= 4 is 60.2 Å². The molecule has 204 valence electrons. The number of anilines is 1. The fourth-order valence-corrected chi connectivity index (χ4v) is 7.58. The number of halogens is 1. The summed E-state index contributed by atoms with van der Waals surface area (Å²) in [6.07, 6.45) is 5.51. The highest BCUT2D eigenvalue weighted by molar-refractivity contribution is 8.05. The van der Waals surface area contributed by atoms with Gasteiger partial charge < -0.3 is 9.84 Å². The zero-order valence-corrected chi connectivity index (χ0v) is 22.7. The third kappa shape index (κ3) is 6.00. The van der Waals surface area contributed by atoms with E-state index < -0.39 is 50.8 Å². The topological polar surface area (TPSA) is 159 Å². The predicted octanol–water partition coefficient (Wildman–Crippen LogP) is 2.57. The molecule has 39 heavy (non-hydrogen) atoms. The molecule has 3 N–H and O–H groups in total. The zero-order valence-electron chi connectivity index (χ0n) is 20.3. The van der Waals surface area contributed by atoms with Gasteiger partial charge in [-0.05, 0) is 36.1 Å². The number of fused-ring (bicyclic) bond motifs is 2. The number of sulfonamides is 1. The van der Waals surface area contributed by atoms with E-state index in [9.17, 15) is 26.4 Å². The minimum Gasteiger partial charge on any atom is -0.481 e. The van der Waals surface area contributed by atoms with Gasteiger partial charge in [-0.3, -0.25) is 10.1 Å². The number of rotatable bonds is 9. The Bertz CT molecular complexity index is 1740. The van der Waals surface area contributed by atoms with Gasteiger partial charge in [-0.15, -0.1) is 6.42 Å². The average molecular weight is 592 g/mol. The Kier molecular flexibility index (Phi) is 7.87. The second-order valence-electron chi connectivity index (χ2n) is 8.65. The molecule has 1 aliphatic rings. The lowest BCUT2D eigenvalue weighted by atomic mass is 9.98. The number of nitrogens with zero attached hydrogens (tertiary/aromatic N) is 1. The first-order chi connectivity index (χ1) is 18.3. The van der Waals surface area contributed by atoms with Crippen molar-refractivity contribution in [3.63, 3.8) is 0 Å². The standard InChI is InChI=1S/C25H22ClN3O8S2/c1-3-20(27-15(2)12-24(30)31)18-9-11-23(19-7-5-4-6-17(18)19)38(33,34)28-39(35,36)29-14-25(32)37-22-13-16(26)8-10-21(22)29/h1,4-11,13,15,20,27-28H,12,14H2,2H3,(H,30,31)/t15-,20-/m0/s1. The van der Waals surface area contributed by atoms with Gasteiger partial charge in [0, 0.05) is 22.5 Å². The average Bonchev–Trinajstić information content (AvgIpc) is 2.84. The van der Waals surface area contributed by atoms with Gasteiger partial charge in [-0.1, -0.05) is 52.0 Å². The number of esters is 1. The number of carbonyl (C=O) groups excluding carboxylic acids is 1.